The number of hydrogen-bond acceptors (Lipinski definition) is 2. The molecule has 1 saturated carbocycles. The van der Waals surface area contributed by atoms with E-state index in [9.17, 15) is 4.79 Å². The SMILES string of the molecule is O=C1C=C2NC[C@H]3CC23c2ccccc21. The van der Waals surface area contributed by atoms with Crippen LogP contribution >= 0.6 is 0 Å². The van der Waals surface area contributed by atoms with Crippen molar-refractivity contribution in [3.05, 3.63) is 47.2 Å². The summed E-state index contributed by atoms with van der Waals surface area (Å²) in [6.07, 6.45) is 3.02. The van der Waals surface area contributed by atoms with E-state index in [-0.39, 0.29) is 11.2 Å². The topological polar surface area (TPSA) is 29.1 Å². The lowest BCUT2D eigenvalue weighted by Gasteiger charge is -2.23. The third kappa shape index (κ3) is 0.717. The highest BCUT2D eigenvalue weighted by Crippen LogP contribution is 2.63. The second kappa shape index (κ2) is 2.16. The van der Waals surface area contributed by atoms with Crippen LogP contribution in [0, 0.1) is 5.92 Å². The predicted molar refractivity (Wildman–Crippen MR) is 56.6 cm³/mol. The van der Waals surface area contributed by atoms with Gasteiger partial charge in [-0.1, -0.05) is 24.3 Å². The normalized spacial score (nSPS) is 34.8. The fraction of sp³-hybridized carbons (Fsp3) is 0.308. The first kappa shape index (κ1) is 7.69. The van der Waals surface area contributed by atoms with E-state index < -0.39 is 0 Å². The van der Waals surface area contributed by atoms with Crippen molar-refractivity contribution in [3.63, 3.8) is 0 Å². The summed E-state index contributed by atoms with van der Waals surface area (Å²) < 4.78 is 0. The molecule has 2 nitrogen and oxygen atoms in total. The molecule has 1 aromatic carbocycles. The summed E-state index contributed by atoms with van der Waals surface area (Å²) in [7, 11) is 0. The van der Waals surface area contributed by atoms with E-state index in [0.29, 0.717) is 0 Å². The molecule has 0 amide bonds. The Kier molecular flexibility index (Phi) is 1.11. The molecule has 2 heteroatoms. The zero-order valence-corrected chi connectivity index (χ0v) is 8.29. The lowest BCUT2D eigenvalue weighted by atomic mass is 9.82. The molecule has 3 aliphatic rings. The van der Waals surface area contributed by atoms with Gasteiger partial charge in [0.25, 0.3) is 0 Å². The van der Waals surface area contributed by atoms with Gasteiger partial charge in [-0.15, -0.1) is 0 Å². The number of carbonyl (C=O) groups is 1. The third-order valence-electron chi connectivity index (χ3n) is 4.07. The summed E-state index contributed by atoms with van der Waals surface area (Å²) in [6.45, 7) is 1.04. The standard InChI is InChI=1S/C13H11NO/c15-11-5-12-13(6-8(13)7-14-12)10-4-2-1-3-9(10)11/h1-5,8,14H,6-7H2/t8-,13?/m1/s1. The largest absolute Gasteiger partial charge is 0.387 e. The van der Waals surface area contributed by atoms with Gasteiger partial charge in [0.05, 0.1) is 0 Å². The van der Waals surface area contributed by atoms with Crippen LogP contribution in [0.15, 0.2) is 36.0 Å². The average molecular weight is 197 g/mol. The second-order valence-electron chi connectivity index (χ2n) is 4.72. The van der Waals surface area contributed by atoms with Crippen LogP contribution in [0.5, 0.6) is 0 Å². The highest BCUT2D eigenvalue weighted by atomic mass is 16.1. The first-order valence-electron chi connectivity index (χ1n) is 5.42. The predicted octanol–water partition coefficient (Wildman–Crippen LogP) is 1.63. The van der Waals surface area contributed by atoms with E-state index in [0.717, 1.165) is 23.7 Å². The van der Waals surface area contributed by atoms with Crippen LogP contribution in [0.3, 0.4) is 0 Å². The Labute approximate surface area is 88.0 Å². The van der Waals surface area contributed by atoms with Gasteiger partial charge < -0.3 is 5.32 Å². The number of benzene rings is 1. The molecule has 1 heterocycles. The molecular formula is C13H11NO. The van der Waals surface area contributed by atoms with Gasteiger partial charge in [0, 0.05) is 29.3 Å². The zero-order valence-electron chi connectivity index (χ0n) is 8.29. The van der Waals surface area contributed by atoms with Crippen LogP contribution in [-0.2, 0) is 5.41 Å². The minimum atomic E-state index is 0.159. The Bertz CT molecular complexity index is 517. The fourth-order valence-electron chi connectivity index (χ4n) is 3.25. The van der Waals surface area contributed by atoms with Gasteiger partial charge in [-0.05, 0) is 17.9 Å². The smallest absolute Gasteiger partial charge is 0.187 e. The average Bonchev–Trinajstić information content (AvgIpc) is 2.89. The van der Waals surface area contributed by atoms with E-state index >= 15 is 0 Å². The highest BCUT2D eigenvalue weighted by Gasteiger charge is 2.63. The molecule has 1 unspecified atom stereocenters. The van der Waals surface area contributed by atoms with Crippen molar-refractivity contribution in [1.82, 2.24) is 5.32 Å². The molecule has 1 saturated heterocycles. The number of fused-ring (bicyclic) bond motifs is 1. The molecule has 1 N–H and O–H groups in total. The number of nitrogens with one attached hydrogen (secondary N) is 1. The van der Waals surface area contributed by atoms with Crippen LogP contribution in [0.25, 0.3) is 0 Å². The molecule has 0 bridgehead atoms. The molecule has 1 aliphatic heterocycles. The molecule has 1 aromatic rings. The maximum Gasteiger partial charge on any atom is 0.187 e. The summed E-state index contributed by atoms with van der Waals surface area (Å²) in [6, 6.07) is 8.06. The van der Waals surface area contributed by atoms with Crippen molar-refractivity contribution in [2.75, 3.05) is 6.54 Å². The quantitative estimate of drug-likeness (QED) is 0.685. The Morgan fingerprint density at radius 3 is 3.07 bits per heavy atom. The van der Waals surface area contributed by atoms with Gasteiger partial charge >= 0.3 is 0 Å². The lowest BCUT2D eigenvalue weighted by Crippen LogP contribution is -2.24. The molecule has 74 valence electrons. The first-order chi connectivity index (χ1) is 7.32. The molecule has 0 radical (unpaired) electrons. The summed E-state index contributed by atoms with van der Waals surface area (Å²) in [5.74, 6) is 0.879. The first-order valence-corrected chi connectivity index (χ1v) is 5.42. The van der Waals surface area contributed by atoms with Gasteiger partial charge in [0.1, 0.15) is 0 Å². The van der Waals surface area contributed by atoms with Crippen LogP contribution in [0.1, 0.15) is 22.3 Å². The maximum atomic E-state index is 11.9. The number of ketones is 1. The van der Waals surface area contributed by atoms with Crippen LogP contribution in [-0.4, -0.2) is 12.3 Å². The second-order valence-corrected chi connectivity index (χ2v) is 4.72. The van der Waals surface area contributed by atoms with Crippen molar-refractivity contribution >= 4 is 5.78 Å². The number of hydrogen-bond donors (Lipinski definition) is 1. The van der Waals surface area contributed by atoms with Crippen molar-refractivity contribution in [1.29, 1.82) is 0 Å². The van der Waals surface area contributed by atoms with Gasteiger partial charge in [0.15, 0.2) is 5.78 Å². The van der Waals surface area contributed by atoms with Crippen molar-refractivity contribution in [2.24, 2.45) is 5.92 Å². The molecular weight excluding hydrogens is 186 g/mol. The molecule has 2 fully saturated rings. The Morgan fingerprint density at radius 1 is 1.33 bits per heavy atom. The van der Waals surface area contributed by atoms with Gasteiger partial charge in [-0.3, -0.25) is 4.79 Å². The Morgan fingerprint density at radius 2 is 2.20 bits per heavy atom. The minimum Gasteiger partial charge on any atom is -0.387 e. The van der Waals surface area contributed by atoms with Crippen LogP contribution in [0.4, 0.5) is 0 Å². The number of piperidine rings is 1. The van der Waals surface area contributed by atoms with E-state index in [1.165, 1.54) is 12.0 Å². The van der Waals surface area contributed by atoms with Crippen LogP contribution < -0.4 is 5.32 Å². The zero-order chi connectivity index (χ0) is 10.0. The van der Waals surface area contributed by atoms with Crippen molar-refractivity contribution in [2.45, 2.75) is 11.8 Å². The number of rotatable bonds is 0. The number of allylic oxidation sites excluding steroid dienone is 2. The van der Waals surface area contributed by atoms with E-state index in [2.05, 4.69) is 11.4 Å². The molecule has 2 aliphatic carbocycles. The molecule has 2 atom stereocenters. The summed E-state index contributed by atoms with van der Waals surface area (Å²) in [5.41, 5.74) is 3.52. The molecule has 0 aromatic heterocycles. The van der Waals surface area contributed by atoms with Crippen molar-refractivity contribution < 1.29 is 4.79 Å². The molecule has 4 rings (SSSR count). The lowest BCUT2D eigenvalue weighted by molar-refractivity contribution is 0.104. The summed E-state index contributed by atoms with van der Waals surface area (Å²) in [5, 5.41) is 3.36. The van der Waals surface area contributed by atoms with Gasteiger partial charge in [-0.2, -0.15) is 0 Å². The maximum absolute atomic E-state index is 11.9. The van der Waals surface area contributed by atoms with E-state index in [1.807, 2.05) is 18.2 Å². The minimum absolute atomic E-state index is 0.159. The summed E-state index contributed by atoms with van der Waals surface area (Å²) in [4.78, 5) is 11.9. The van der Waals surface area contributed by atoms with Gasteiger partial charge in [0.2, 0.25) is 0 Å². The Hall–Kier alpha value is -1.57. The monoisotopic (exact) mass is 197 g/mol. The fourth-order valence-corrected chi connectivity index (χ4v) is 3.25. The Balaban J connectivity index is 2.05. The van der Waals surface area contributed by atoms with E-state index in [4.69, 9.17) is 0 Å². The molecule has 1 spiro atoms. The number of carbonyl (C=O) groups excluding carboxylic acids is 1. The van der Waals surface area contributed by atoms with Gasteiger partial charge in [-0.25, -0.2) is 0 Å². The summed E-state index contributed by atoms with van der Waals surface area (Å²) >= 11 is 0. The third-order valence-corrected chi connectivity index (χ3v) is 4.07. The van der Waals surface area contributed by atoms with Crippen molar-refractivity contribution in [3.8, 4) is 0 Å². The highest BCUT2D eigenvalue weighted by molar-refractivity contribution is 6.08. The molecule has 15 heavy (non-hydrogen) atoms. The van der Waals surface area contributed by atoms with Crippen LogP contribution in [0.2, 0.25) is 0 Å². The van der Waals surface area contributed by atoms with E-state index in [1.54, 1.807) is 6.08 Å².